The third-order valence-electron chi connectivity index (χ3n) is 2.89. The minimum atomic E-state index is -0.906. The van der Waals surface area contributed by atoms with Crippen LogP contribution in [-0.2, 0) is 6.42 Å². The highest BCUT2D eigenvalue weighted by atomic mass is 35.5. The summed E-state index contributed by atoms with van der Waals surface area (Å²) in [6.07, 6.45) is 0.787. The fourth-order valence-electron chi connectivity index (χ4n) is 1.84. The summed E-state index contributed by atoms with van der Waals surface area (Å²) in [6.45, 7) is 0. The van der Waals surface area contributed by atoms with Crippen molar-refractivity contribution in [2.24, 2.45) is 0 Å². The molecule has 112 valence electrons. The number of hydrogen-bond acceptors (Lipinski definition) is 5. The van der Waals surface area contributed by atoms with E-state index in [0.29, 0.717) is 21.6 Å². The normalized spacial score (nSPS) is 12.0. The molecule has 1 atom stereocenters. The van der Waals surface area contributed by atoms with E-state index in [9.17, 15) is 5.11 Å². The first kappa shape index (κ1) is 15.8. The monoisotopic (exact) mass is 328 g/mol. The molecule has 0 fully saturated rings. The average molecular weight is 329 g/mol. The molecule has 1 aromatic heterocycles. The fourth-order valence-corrected chi connectivity index (χ4v) is 2.32. The van der Waals surface area contributed by atoms with Gasteiger partial charge in [-0.1, -0.05) is 29.3 Å². The van der Waals surface area contributed by atoms with Crippen molar-refractivity contribution >= 4 is 23.2 Å². The van der Waals surface area contributed by atoms with Gasteiger partial charge in [-0.05, 0) is 17.7 Å². The molecule has 0 amide bonds. The molecule has 0 radical (unpaired) electrons. The zero-order valence-electron chi connectivity index (χ0n) is 11.5. The first-order valence-corrected chi connectivity index (χ1v) is 6.87. The predicted molar refractivity (Wildman–Crippen MR) is 80.3 cm³/mol. The van der Waals surface area contributed by atoms with Crippen LogP contribution in [-0.4, -0.2) is 29.3 Å². The summed E-state index contributed by atoms with van der Waals surface area (Å²) in [7, 11) is 2.93. The largest absolute Gasteiger partial charge is 0.480 e. The lowest BCUT2D eigenvalue weighted by atomic mass is 10.1. The fraction of sp³-hybridized carbons (Fsp3) is 0.286. The van der Waals surface area contributed by atoms with Gasteiger partial charge in [0.15, 0.2) is 0 Å². The molecular formula is C14H14Cl2N2O3. The topological polar surface area (TPSA) is 64.5 Å². The number of ether oxygens (including phenoxy) is 2. The molecule has 0 saturated carbocycles. The zero-order chi connectivity index (χ0) is 15.4. The van der Waals surface area contributed by atoms with Crippen molar-refractivity contribution in [3.05, 3.63) is 45.7 Å². The van der Waals surface area contributed by atoms with Crippen molar-refractivity contribution < 1.29 is 14.6 Å². The highest BCUT2D eigenvalue weighted by Gasteiger charge is 2.19. The second-order valence-corrected chi connectivity index (χ2v) is 5.11. The molecule has 1 heterocycles. The first-order chi connectivity index (χ1) is 10.0. The average Bonchev–Trinajstić information content (AvgIpc) is 2.49. The van der Waals surface area contributed by atoms with Crippen molar-refractivity contribution in [3.8, 4) is 11.8 Å². The highest BCUT2D eigenvalue weighted by Crippen LogP contribution is 2.29. The SMILES string of the molecule is COc1cnc(C(O)Cc2ccc(Cl)cc2Cl)c(OC)n1. The van der Waals surface area contributed by atoms with Crippen LogP contribution in [0.1, 0.15) is 17.4 Å². The number of halogens is 2. The summed E-state index contributed by atoms with van der Waals surface area (Å²) >= 11 is 11.9. The molecule has 2 rings (SSSR count). The predicted octanol–water partition coefficient (Wildman–Crippen LogP) is 3.08. The molecule has 1 unspecified atom stereocenters. The lowest BCUT2D eigenvalue weighted by Crippen LogP contribution is -2.08. The van der Waals surface area contributed by atoms with Gasteiger partial charge in [-0.3, -0.25) is 0 Å². The van der Waals surface area contributed by atoms with Crippen molar-refractivity contribution in [1.82, 2.24) is 9.97 Å². The molecule has 5 nitrogen and oxygen atoms in total. The summed E-state index contributed by atoms with van der Waals surface area (Å²) in [5.41, 5.74) is 1.08. The smallest absolute Gasteiger partial charge is 0.241 e. The molecule has 0 bridgehead atoms. The molecule has 0 saturated heterocycles. The Bertz CT molecular complexity index is 638. The number of rotatable bonds is 5. The van der Waals surface area contributed by atoms with E-state index in [2.05, 4.69) is 9.97 Å². The van der Waals surface area contributed by atoms with Crippen molar-refractivity contribution in [2.45, 2.75) is 12.5 Å². The van der Waals surface area contributed by atoms with Crippen LogP contribution in [0.4, 0.5) is 0 Å². The van der Waals surface area contributed by atoms with Crippen LogP contribution in [0.15, 0.2) is 24.4 Å². The van der Waals surface area contributed by atoms with E-state index in [-0.39, 0.29) is 12.3 Å². The molecule has 21 heavy (non-hydrogen) atoms. The minimum Gasteiger partial charge on any atom is -0.480 e. The van der Waals surface area contributed by atoms with Gasteiger partial charge in [0, 0.05) is 16.5 Å². The molecular weight excluding hydrogens is 315 g/mol. The Morgan fingerprint density at radius 2 is 2.00 bits per heavy atom. The first-order valence-electron chi connectivity index (χ1n) is 6.12. The summed E-state index contributed by atoms with van der Waals surface area (Å²) in [6, 6.07) is 5.10. The number of hydrogen-bond donors (Lipinski definition) is 1. The van der Waals surface area contributed by atoms with E-state index in [1.807, 2.05) is 0 Å². The van der Waals surface area contributed by atoms with E-state index in [0.717, 1.165) is 5.56 Å². The molecule has 1 N–H and O–H groups in total. The van der Waals surface area contributed by atoms with Gasteiger partial charge < -0.3 is 14.6 Å². The van der Waals surface area contributed by atoms with E-state index in [1.165, 1.54) is 20.4 Å². The standard InChI is InChI=1S/C14H14Cl2N2O3/c1-20-12-7-17-13(14(18-12)21-2)11(19)5-8-3-4-9(15)6-10(8)16/h3-4,6-7,11,19H,5H2,1-2H3. The second-order valence-electron chi connectivity index (χ2n) is 4.26. The number of aliphatic hydroxyl groups is 1. The minimum absolute atomic E-state index is 0.215. The maximum atomic E-state index is 10.3. The quantitative estimate of drug-likeness (QED) is 0.913. The van der Waals surface area contributed by atoms with Gasteiger partial charge in [-0.15, -0.1) is 0 Å². The molecule has 0 aliphatic heterocycles. The lowest BCUT2D eigenvalue weighted by molar-refractivity contribution is 0.167. The Kier molecular flexibility index (Phi) is 5.22. The molecule has 0 aliphatic carbocycles. The van der Waals surface area contributed by atoms with E-state index >= 15 is 0 Å². The Hall–Kier alpha value is -1.56. The van der Waals surface area contributed by atoms with Gasteiger partial charge in [0.25, 0.3) is 0 Å². The maximum Gasteiger partial charge on any atom is 0.241 e. The van der Waals surface area contributed by atoms with Crippen molar-refractivity contribution in [2.75, 3.05) is 14.2 Å². The lowest BCUT2D eigenvalue weighted by Gasteiger charge is -2.14. The van der Waals surface area contributed by atoms with Gasteiger partial charge in [0.2, 0.25) is 11.8 Å². The number of nitrogens with zero attached hydrogens (tertiary/aromatic N) is 2. The van der Waals surface area contributed by atoms with Crippen LogP contribution in [0.2, 0.25) is 10.0 Å². The van der Waals surface area contributed by atoms with Crippen LogP contribution in [0, 0.1) is 0 Å². The van der Waals surface area contributed by atoms with Crippen molar-refractivity contribution in [1.29, 1.82) is 0 Å². The Morgan fingerprint density at radius 1 is 1.24 bits per heavy atom. The Balaban J connectivity index is 2.25. The van der Waals surface area contributed by atoms with Gasteiger partial charge in [0.05, 0.1) is 20.4 Å². The van der Waals surface area contributed by atoms with Gasteiger partial charge >= 0.3 is 0 Å². The Morgan fingerprint density at radius 3 is 2.62 bits per heavy atom. The van der Waals surface area contributed by atoms with Gasteiger partial charge in [0.1, 0.15) is 11.8 Å². The summed E-state index contributed by atoms with van der Waals surface area (Å²) in [4.78, 5) is 8.22. The third kappa shape index (κ3) is 3.75. The summed E-state index contributed by atoms with van der Waals surface area (Å²) in [5, 5.41) is 11.4. The van der Waals surface area contributed by atoms with Crippen LogP contribution < -0.4 is 9.47 Å². The zero-order valence-corrected chi connectivity index (χ0v) is 13.0. The summed E-state index contributed by atoms with van der Waals surface area (Å²) in [5.74, 6) is 0.527. The molecule has 2 aromatic rings. The van der Waals surface area contributed by atoms with Gasteiger partial charge in [-0.25, -0.2) is 4.98 Å². The van der Waals surface area contributed by atoms with E-state index in [4.69, 9.17) is 32.7 Å². The maximum absolute atomic E-state index is 10.3. The van der Waals surface area contributed by atoms with Crippen LogP contribution in [0.3, 0.4) is 0 Å². The third-order valence-corrected chi connectivity index (χ3v) is 3.48. The molecule has 0 aliphatic rings. The molecule has 0 spiro atoms. The van der Waals surface area contributed by atoms with E-state index in [1.54, 1.807) is 18.2 Å². The number of aliphatic hydroxyl groups excluding tert-OH is 1. The van der Waals surface area contributed by atoms with E-state index < -0.39 is 6.10 Å². The number of methoxy groups -OCH3 is 2. The van der Waals surface area contributed by atoms with Crippen LogP contribution in [0.25, 0.3) is 0 Å². The Labute approximate surface area is 132 Å². The molecule has 7 heteroatoms. The van der Waals surface area contributed by atoms with Crippen LogP contribution >= 0.6 is 23.2 Å². The second kappa shape index (κ2) is 6.93. The molecule has 1 aromatic carbocycles. The number of benzene rings is 1. The number of aromatic nitrogens is 2. The van der Waals surface area contributed by atoms with Crippen LogP contribution in [0.5, 0.6) is 11.8 Å². The summed E-state index contributed by atoms with van der Waals surface area (Å²) < 4.78 is 10.1. The van der Waals surface area contributed by atoms with Gasteiger partial charge in [-0.2, -0.15) is 4.98 Å². The highest BCUT2D eigenvalue weighted by molar-refractivity contribution is 6.35. The van der Waals surface area contributed by atoms with Crippen molar-refractivity contribution in [3.63, 3.8) is 0 Å².